The number of hydrogen-bond acceptors (Lipinski definition) is 3. The summed E-state index contributed by atoms with van der Waals surface area (Å²) in [4.78, 5) is 19.6. The number of nitrogens with zero attached hydrogens (tertiary/aromatic N) is 2. The lowest BCUT2D eigenvalue weighted by Gasteiger charge is -2.48. The van der Waals surface area contributed by atoms with Crippen molar-refractivity contribution in [1.82, 2.24) is 9.88 Å². The van der Waals surface area contributed by atoms with E-state index in [0.29, 0.717) is 29.3 Å². The molecule has 1 aliphatic heterocycles. The van der Waals surface area contributed by atoms with Crippen LogP contribution < -0.4 is 4.72 Å². The van der Waals surface area contributed by atoms with Gasteiger partial charge in [-0.2, -0.15) is 0 Å². The molecule has 1 aromatic carbocycles. The summed E-state index contributed by atoms with van der Waals surface area (Å²) in [5.41, 5.74) is 2.02. The molecule has 2 aliphatic rings. The van der Waals surface area contributed by atoms with Crippen LogP contribution in [0.2, 0.25) is 0 Å². The van der Waals surface area contributed by atoms with Crippen molar-refractivity contribution in [3.63, 3.8) is 0 Å². The Hall–Kier alpha value is -2.21. The van der Waals surface area contributed by atoms with Crippen LogP contribution in [0.25, 0.3) is 0 Å². The molecule has 6 heteroatoms. The lowest BCUT2D eigenvalue weighted by molar-refractivity contribution is 0.0319. The molecule has 1 saturated heterocycles. The highest BCUT2D eigenvalue weighted by atomic mass is 32.2. The summed E-state index contributed by atoms with van der Waals surface area (Å²) in [6.07, 6.45) is 8.88. The van der Waals surface area contributed by atoms with E-state index in [2.05, 4.69) is 44.9 Å². The number of nitrogens with one attached hydrogen (secondary N) is 1. The maximum atomic E-state index is 13.2. The average Bonchev–Trinajstić information content (AvgIpc) is 2.73. The smallest absolute Gasteiger partial charge is 0.255 e. The van der Waals surface area contributed by atoms with Gasteiger partial charge in [-0.15, -0.1) is 0 Å². The van der Waals surface area contributed by atoms with Gasteiger partial charge in [-0.3, -0.25) is 9.52 Å². The van der Waals surface area contributed by atoms with E-state index < -0.39 is 11.0 Å². The van der Waals surface area contributed by atoms with Crippen molar-refractivity contribution >= 4 is 22.7 Å². The Morgan fingerprint density at radius 2 is 1.89 bits per heavy atom. The molecule has 2 fully saturated rings. The Balaban J connectivity index is 1.53. The third-order valence-electron chi connectivity index (χ3n) is 6.13. The van der Waals surface area contributed by atoms with Gasteiger partial charge in [0.1, 0.15) is 16.8 Å². The molecule has 1 aromatic heterocycles. The van der Waals surface area contributed by atoms with Crippen LogP contribution >= 0.6 is 0 Å². The minimum absolute atomic E-state index is 0.0695. The van der Waals surface area contributed by atoms with Crippen LogP contribution in [0.3, 0.4) is 0 Å². The molecule has 1 amide bonds. The molecule has 5 nitrogen and oxygen atoms in total. The first-order valence-electron chi connectivity index (χ1n) is 10.1. The topological polar surface area (TPSA) is 62.3 Å². The second kappa shape index (κ2) is 8.43. The zero-order valence-corrected chi connectivity index (χ0v) is 17.0. The Morgan fingerprint density at radius 3 is 2.61 bits per heavy atom. The third-order valence-corrected chi connectivity index (χ3v) is 6.62. The van der Waals surface area contributed by atoms with Crippen molar-refractivity contribution in [3.8, 4) is 0 Å². The summed E-state index contributed by atoms with van der Waals surface area (Å²) in [6, 6.07) is 14.6. The number of anilines is 1. The molecule has 148 valence electrons. The molecule has 1 aliphatic carbocycles. The lowest BCUT2D eigenvalue weighted by Crippen LogP contribution is -2.52. The van der Waals surface area contributed by atoms with Gasteiger partial charge in [-0.05, 0) is 48.8 Å². The van der Waals surface area contributed by atoms with Gasteiger partial charge in [-0.1, -0.05) is 43.2 Å². The molecule has 1 N–H and O–H groups in total. The minimum Gasteiger partial charge on any atom is -0.335 e. The zero-order chi connectivity index (χ0) is 19.5. The quantitative estimate of drug-likeness (QED) is 0.849. The van der Waals surface area contributed by atoms with Crippen LogP contribution in [-0.2, 0) is 11.0 Å². The fourth-order valence-electron chi connectivity index (χ4n) is 4.91. The molecular formula is C22H27N3O2S. The fraction of sp³-hybridized carbons (Fsp3) is 0.455. The van der Waals surface area contributed by atoms with E-state index in [1.165, 1.54) is 24.8 Å². The van der Waals surface area contributed by atoms with Crippen LogP contribution in [0.4, 0.5) is 5.82 Å². The van der Waals surface area contributed by atoms with E-state index in [0.717, 1.165) is 19.4 Å². The molecule has 28 heavy (non-hydrogen) atoms. The van der Waals surface area contributed by atoms with Gasteiger partial charge in [-0.25, -0.2) is 9.19 Å². The minimum atomic E-state index is -1.17. The van der Waals surface area contributed by atoms with Crippen molar-refractivity contribution in [2.24, 2.45) is 5.92 Å². The first-order valence-corrected chi connectivity index (χ1v) is 11.6. The second-order valence-corrected chi connectivity index (χ2v) is 8.92. The number of carbonyl (C=O) groups excluding carboxylic acids is 1. The Morgan fingerprint density at radius 1 is 1.11 bits per heavy atom. The highest BCUT2D eigenvalue weighted by Gasteiger charge is 2.41. The van der Waals surface area contributed by atoms with Gasteiger partial charge in [0.05, 0.1) is 5.56 Å². The first-order chi connectivity index (χ1) is 13.6. The predicted octanol–water partition coefficient (Wildman–Crippen LogP) is 3.98. The Bertz CT molecular complexity index is 841. The van der Waals surface area contributed by atoms with Gasteiger partial charge in [0.15, 0.2) is 0 Å². The maximum Gasteiger partial charge on any atom is 0.255 e. The molecule has 4 unspecified atom stereocenters. The summed E-state index contributed by atoms with van der Waals surface area (Å²) in [6.45, 7) is 0.790. The molecule has 4 atom stereocenters. The van der Waals surface area contributed by atoms with Crippen molar-refractivity contribution in [2.45, 2.75) is 44.1 Å². The summed E-state index contributed by atoms with van der Waals surface area (Å²) < 4.78 is 14.0. The zero-order valence-electron chi connectivity index (χ0n) is 16.2. The van der Waals surface area contributed by atoms with Crippen molar-refractivity contribution in [3.05, 3.63) is 59.8 Å². The van der Waals surface area contributed by atoms with Crippen LogP contribution in [0, 0.1) is 5.92 Å². The van der Waals surface area contributed by atoms with E-state index in [4.69, 9.17) is 0 Å². The van der Waals surface area contributed by atoms with Gasteiger partial charge < -0.3 is 4.90 Å². The highest BCUT2D eigenvalue weighted by Crippen LogP contribution is 2.44. The standard InChI is InChI=1S/C22H27N3O2S/c1-28(27)24-21-12-11-17(15-23-21)22(26)25-14-13-18(16-7-3-2-4-8-16)19-9-5-6-10-20(19)25/h2-4,7-8,11-12,15,18-20H,5-6,9-10,13-14H2,1H3,(H,23,24). The van der Waals surface area contributed by atoms with Gasteiger partial charge in [0, 0.05) is 25.0 Å². The largest absolute Gasteiger partial charge is 0.335 e. The van der Waals surface area contributed by atoms with Gasteiger partial charge >= 0.3 is 0 Å². The van der Waals surface area contributed by atoms with Gasteiger partial charge in [0.25, 0.3) is 5.91 Å². The average molecular weight is 398 g/mol. The summed E-state index contributed by atoms with van der Waals surface area (Å²) in [5.74, 6) is 1.67. The fourth-order valence-corrected chi connectivity index (χ4v) is 5.33. The number of hydrogen-bond donors (Lipinski definition) is 1. The maximum absolute atomic E-state index is 13.2. The predicted molar refractivity (Wildman–Crippen MR) is 113 cm³/mol. The number of amides is 1. The number of fused-ring (bicyclic) bond motifs is 1. The Labute approximate surface area is 169 Å². The van der Waals surface area contributed by atoms with E-state index in [9.17, 15) is 9.00 Å². The molecule has 2 heterocycles. The number of piperidine rings is 1. The number of benzene rings is 1. The highest BCUT2D eigenvalue weighted by molar-refractivity contribution is 7.85. The van der Waals surface area contributed by atoms with Crippen LogP contribution in [0.1, 0.15) is 53.9 Å². The van der Waals surface area contributed by atoms with Gasteiger partial charge in [0.2, 0.25) is 0 Å². The monoisotopic (exact) mass is 397 g/mol. The second-order valence-electron chi connectivity index (χ2n) is 7.81. The number of likely N-dealkylation sites (tertiary alicyclic amines) is 1. The molecule has 0 bridgehead atoms. The molecule has 1 saturated carbocycles. The first kappa shape index (κ1) is 19.1. The molecule has 0 radical (unpaired) electrons. The normalized spacial score (nSPS) is 25.6. The molecule has 0 spiro atoms. The molecule has 2 aromatic rings. The lowest BCUT2D eigenvalue weighted by atomic mass is 9.69. The molecular weight excluding hydrogens is 370 g/mol. The number of rotatable bonds is 4. The van der Waals surface area contributed by atoms with Crippen LogP contribution in [-0.4, -0.2) is 38.8 Å². The van der Waals surface area contributed by atoms with Crippen molar-refractivity contribution < 1.29 is 9.00 Å². The summed E-state index contributed by atoms with van der Waals surface area (Å²) >= 11 is 0. The molecule has 4 rings (SSSR count). The van der Waals surface area contributed by atoms with Crippen LogP contribution in [0.15, 0.2) is 48.7 Å². The van der Waals surface area contributed by atoms with Crippen LogP contribution in [0.5, 0.6) is 0 Å². The number of carbonyl (C=O) groups is 1. The summed E-state index contributed by atoms with van der Waals surface area (Å²) in [5, 5.41) is 0. The Kier molecular flexibility index (Phi) is 5.76. The van der Waals surface area contributed by atoms with E-state index in [-0.39, 0.29) is 5.91 Å². The van der Waals surface area contributed by atoms with E-state index >= 15 is 0 Å². The third kappa shape index (κ3) is 3.97. The summed E-state index contributed by atoms with van der Waals surface area (Å²) in [7, 11) is -1.17. The van der Waals surface area contributed by atoms with Crippen molar-refractivity contribution in [2.75, 3.05) is 17.5 Å². The van der Waals surface area contributed by atoms with E-state index in [1.54, 1.807) is 24.6 Å². The SMILES string of the molecule is CS(=O)Nc1ccc(C(=O)N2CCC(c3ccccc3)C3CCCCC32)cn1. The number of aromatic nitrogens is 1. The number of pyridine rings is 1. The van der Waals surface area contributed by atoms with E-state index in [1.807, 2.05) is 0 Å². The van der Waals surface area contributed by atoms with Crippen molar-refractivity contribution in [1.29, 1.82) is 0 Å².